The first kappa shape index (κ1) is 11.9. The Bertz CT molecular complexity index is 735. The Balaban J connectivity index is 1.72. The van der Waals surface area contributed by atoms with Gasteiger partial charge in [-0.05, 0) is 23.6 Å². The van der Waals surface area contributed by atoms with Gasteiger partial charge in [0.1, 0.15) is 4.70 Å². The van der Waals surface area contributed by atoms with Gasteiger partial charge in [-0.3, -0.25) is 14.3 Å². The molecule has 0 aliphatic rings. The van der Waals surface area contributed by atoms with Crippen molar-refractivity contribution >= 4 is 27.2 Å². The first-order valence-electron chi connectivity index (χ1n) is 5.91. The monoisotopic (exact) mass is 272 g/mol. The normalized spacial score (nSPS) is 10.7. The third kappa shape index (κ3) is 2.48. The maximum atomic E-state index is 12.1. The molecule has 0 fully saturated rings. The van der Waals surface area contributed by atoms with Crippen molar-refractivity contribution in [3.05, 3.63) is 52.7 Å². The average Bonchev–Trinajstić information content (AvgIpc) is 2.92. The molecule has 3 rings (SSSR count). The van der Waals surface area contributed by atoms with Crippen molar-refractivity contribution < 1.29 is 0 Å². The molecule has 0 atom stereocenters. The summed E-state index contributed by atoms with van der Waals surface area (Å²) in [7, 11) is 0. The lowest BCUT2D eigenvalue weighted by Crippen LogP contribution is -2.23. The summed E-state index contributed by atoms with van der Waals surface area (Å²) >= 11 is 1.43. The van der Waals surface area contributed by atoms with E-state index in [1.54, 1.807) is 23.3 Å². The van der Waals surface area contributed by atoms with E-state index in [0.29, 0.717) is 17.8 Å². The number of hydrogen-bond donors (Lipinski definition) is 1. The number of anilines is 1. The van der Waals surface area contributed by atoms with Gasteiger partial charge in [0.15, 0.2) is 0 Å². The topological polar surface area (TPSA) is 59.8 Å². The summed E-state index contributed by atoms with van der Waals surface area (Å²) < 4.78 is 2.34. The molecule has 6 heteroatoms. The zero-order chi connectivity index (χ0) is 13.1. The van der Waals surface area contributed by atoms with Gasteiger partial charge >= 0.3 is 0 Å². The van der Waals surface area contributed by atoms with E-state index in [1.807, 2.05) is 23.6 Å². The van der Waals surface area contributed by atoms with Crippen LogP contribution in [0.2, 0.25) is 0 Å². The predicted molar refractivity (Wildman–Crippen MR) is 76.6 cm³/mol. The number of thiophene rings is 1. The third-order valence-electron chi connectivity index (χ3n) is 2.78. The van der Waals surface area contributed by atoms with Crippen molar-refractivity contribution in [2.75, 3.05) is 11.9 Å². The van der Waals surface area contributed by atoms with E-state index >= 15 is 0 Å². The van der Waals surface area contributed by atoms with Crippen LogP contribution in [0.5, 0.6) is 0 Å². The molecule has 3 heterocycles. The van der Waals surface area contributed by atoms with Gasteiger partial charge in [-0.1, -0.05) is 0 Å². The second kappa shape index (κ2) is 5.19. The van der Waals surface area contributed by atoms with E-state index in [1.165, 1.54) is 11.3 Å². The Morgan fingerprint density at radius 3 is 3.16 bits per heavy atom. The summed E-state index contributed by atoms with van der Waals surface area (Å²) in [6, 6.07) is 5.67. The highest BCUT2D eigenvalue weighted by Crippen LogP contribution is 2.13. The maximum absolute atomic E-state index is 12.1. The minimum atomic E-state index is 0.0213. The van der Waals surface area contributed by atoms with E-state index in [-0.39, 0.29) is 5.56 Å². The smallest absolute Gasteiger partial charge is 0.271 e. The van der Waals surface area contributed by atoms with E-state index in [2.05, 4.69) is 15.3 Å². The maximum Gasteiger partial charge on any atom is 0.271 e. The van der Waals surface area contributed by atoms with E-state index < -0.39 is 0 Å². The van der Waals surface area contributed by atoms with E-state index in [4.69, 9.17) is 0 Å². The quantitative estimate of drug-likeness (QED) is 0.788. The lowest BCUT2D eigenvalue weighted by atomic mass is 10.4. The summed E-state index contributed by atoms with van der Waals surface area (Å²) in [5, 5.41) is 5.10. The van der Waals surface area contributed by atoms with Gasteiger partial charge in [0.05, 0.1) is 17.5 Å². The van der Waals surface area contributed by atoms with Gasteiger partial charge < -0.3 is 5.32 Å². The van der Waals surface area contributed by atoms with Crippen LogP contribution in [0.4, 0.5) is 5.69 Å². The molecule has 5 nitrogen and oxygen atoms in total. The second-order valence-corrected chi connectivity index (χ2v) is 4.96. The first-order chi connectivity index (χ1) is 9.34. The molecule has 0 unspecified atom stereocenters. The summed E-state index contributed by atoms with van der Waals surface area (Å²) in [6.07, 6.45) is 5.08. The van der Waals surface area contributed by atoms with Crippen LogP contribution in [0, 0.1) is 0 Å². The first-order valence-corrected chi connectivity index (χ1v) is 6.79. The van der Waals surface area contributed by atoms with Crippen molar-refractivity contribution in [3.63, 3.8) is 0 Å². The average molecular weight is 272 g/mol. The highest BCUT2D eigenvalue weighted by molar-refractivity contribution is 7.17. The molecular weight excluding hydrogens is 260 g/mol. The van der Waals surface area contributed by atoms with E-state index in [9.17, 15) is 4.79 Å². The Hall–Kier alpha value is -2.21. The van der Waals surface area contributed by atoms with Crippen LogP contribution in [0.25, 0.3) is 10.2 Å². The van der Waals surface area contributed by atoms with Crippen LogP contribution in [-0.4, -0.2) is 21.1 Å². The molecular formula is C13H12N4OS. The summed E-state index contributed by atoms with van der Waals surface area (Å²) in [6.45, 7) is 1.23. The van der Waals surface area contributed by atoms with Gasteiger partial charge in [-0.15, -0.1) is 11.3 Å². The fraction of sp³-hybridized carbons (Fsp3) is 0.154. The standard InChI is InChI=1S/C13H12N4OS/c18-13-12-11(3-7-19-12)16-9-17(13)6-5-15-10-2-1-4-14-8-10/h1-4,7-9,15H,5-6H2. The molecule has 1 N–H and O–H groups in total. The molecule has 0 bridgehead atoms. The number of hydrogen-bond acceptors (Lipinski definition) is 5. The van der Waals surface area contributed by atoms with Crippen LogP contribution in [-0.2, 0) is 6.54 Å². The molecule has 0 aromatic carbocycles. The third-order valence-corrected chi connectivity index (χ3v) is 3.67. The molecule has 19 heavy (non-hydrogen) atoms. The number of pyridine rings is 1. The number of rotatable bonds is 4. The van der Waals surface area contributed by atoms with Gasteiger partial charge in [0, 0.05) is 25.5 Å². The minimum Gasteiger partial charge on any atom is -0.382 e. The van der Waals surface area contributed by atoms with Gasteiger partial charge in [-0.25, -0.2) is 4.98 Å². The highest BCUT2D eigenvalue weighted by Gasteiger charge is 2.04. The molecule has 0 saturated carbocycles. The van der Waals surface area contributed by atoms with Gasteiger partial charge in [-0.2, -0.15) is 0 Å². The highest BCUT2D eigenvalue weighted by atomic mass is 32.1. The number of aromatic nitrogens is 3. The van der Waals surface area contributed by atoms with E-state index in [0.717, 1.165) is 11.2 Å². The molecule has 0 saturated heterocycles. The minimum absolute atomic E-state index is 0.0213. The molecule has 3 aromatic heterocycles. The fourth-order valence-electron chi connectivity index (χ4n) is 1.83. The predicted octanol–water partition coefficient (Wildman–Crippen LogP) is 1.97. The lowest BCUT2D eigenvalue weighted by molar-refractivity contribution is 0.690. The van der Waals surface area contributed by atoms with Crippen LogP contribution >= 0.6 is 11.3 Å². The Morgan fingerprint density at radius 2 is 2.32 bits per heavy atom. The molecule has 3 aromatic rings. The van der Waals surface area contributed by atoms with Crippen LogP contribution in [0.1, 0.15) is 0 Å². The Kier molecular flexibility index (Phi) is 3.24. The van der Waals surface area contributed by atoms with Gasteiger partial charge in [0.2, 0.25) is 0 Å². The van der Waals surface area contributed by atoms with Crippen molar-refractivity contribution in [1.29, 1.82) is 0 Å². The largest absolute Gasteiger partial charge is 0.382 e. The Labute approximate surface area is 113 Å². The molecule has 0 aliphatic carbocycles. The molecule has 0 radical (unpaired) electrons. The molecule has 0 amide bonds. The van der Waals surface area contributed by atoms with Crippen molar-refractivity contribution in [2.24, 2.45) is 0 Å². The van der Waals surface area contributed by atoms with Crippen LogP contribution in [0.15, 0.2) is 47.1 Å². The van der Waals surface area contributed by atoms with Gasteiger partial charge in [0.25, 0.3) is 5.56 Å². The van der Waals surface area contributed by atoms with Crippen LogP contribution in [0.3, 0.4) is 0 Å². The summed E-state index contributed by atoms with van der Waals surface area (Å²) in [5.41, 5.74) is 1.74. The van der Waals surface area contributed by atoms with Crippen molar-refractivity contribution in [2.45, 2.75) is 6.54 Å². The zero-order valence-corrected chi connectivity index (χ0v) is 10.9. The SMILES string of the molecule is O=c1c2sccc2ncn1CCNc1cccnc1. The fourth-order valence-corrected chi connectivity index (χ4v) is 2.62. The Morgan fingerprint density at radius 1 is 1.37 bits per heavy atom. The van der Waals surface area contributed by atoms with Crippen LogP contribution < -0.4 is 10.9 Å². The molecule has 96 valence electrons. The zero-order valence-electron chi connectivity index (χ0n) is 10.1. The number of nitrogens with one attached hydrogen (secondary N) is 1. The van der Waals surface area contributed by atoms with Crippen molar-refractivity contribution in [3.8, 4) is 0 Å². The molecule has 0 spiro atoms. The van der Waals surface area contributed by atoms with Crippen molar-refractivity contribution in [1.82, 2.24) is 14.5 Å². The number of fused-ring (bicyclic) bond motifs is 1. The molecule has 0 aliphatic heterocycles. The second-order valence-electron chi connectivity index (χ2n) is 4.05. The lowest BCUT2D eigenvalue weighted by Gasteiger charge is -2.07. The number of nitrogens with zero attached hydrogens (tertiary/aromatic N) is 3. The summed E-state index contributed by atoms with van der Waals surface area (Å²) in [5.74, 6) is 0. The summed E-state index contributed by atoms with van der Waals surface area (Å²) in [4.78, 5) is 20.4.